The molecule has 1 atom stereocenters. The predicted molar refractivity (Wildman–Crippen MR) is 170 cm³/mol. The highest BCUT2D eigenvalue weighted by atomic mass is 35.5. The summed E-state index contributed by atoms with van der Waals surface area (Å²) in [6, 6.07) is 3.52. The van der Waals surface area contributed by atoms with E-state index in [0.717, 1.165) is 31.7 Å². The SMILES string of the molecule is C=CC(=O)N1CCN(CCCc2cn3c(n2)c(-c2c(Cl)c(OC)cc(OC)c2Cl)cc2cnc(NCC(O)CO)nc23)CC1. The number of pyridine rings is 1. The number of aromatic nitrogens is 4. The first-order valence-electron chi connectivity index (χ1n) is 14.2. The third kappa shape index (κ3) is 6.54. The van der Waals surface area contributed by atoms with E-state index in [1.54, 1.807) is 12.3 Å². The van der Waals surface area contributed by atoms with Gasteiger partial charge < -0.3 is 29.9 Å². The molecule has 3 aromatic heterocycles. The summed E-state index contributed by atoms with van der Waals surface area (Å²) >= 11 is 13.7. The number of nitrogens with one attached hydrogen (secondary N) is 1. The van der Waals surface area contributed by atoms with Gasteiger partial charge in [0.25, 0.3) is 0 Å². The van der Waals surface area contributed by atoms with Gasteiger partial charge in [-0.25, -0.2) is 9.97 Å². The second-order valence-electron chi connectivity index (χ2n) is 10.4. The number of hydrogen-bond donors (Lipinski definition) is 3. The second kappa shape index (κ2) is 14.0. The Kier molecular flexibility index (Phi) is 10.1. The van der Waals surface area contributed by atoms with Crippen LogP contribution in [-0.4, -0.2) is 111 Å². The summed E-state index contributed by atoms with van der Waals surface area (Å²) in [6.45, 7) is 7.15. The molecule has 14 heteroatoms. The lowest BCUT2D eigenvalue weighted by atomic mass is 10.0. The smallest absolute Gasteiger partial charge is 0.246 e. The number of imidazole rings is 1. The number of rotatable bonds is 12. The van der Waals surface area contributed by atoms with Gasteiger partial charge in [0.15, 0.2) is 5.65 Å². The van der Waals surface area contributed by atoms with Crippen LogP contribution in [0.15, 0.2) is 37.2 Å². The van der Waals surface area contributed by atoms with Gasteiger partial charge in [-0.2, -0.15) is 4.98 Å². The molecule has 4 heterocycles. The molecular weight excluding hydrogens is 609 g/mol. The first kappa shape index (κ1) is 31.7. The van der Waals surface area contributed by atoms with Crippen LogP contribution >= 0.6 is 23.2 Å². The minimum atomic E-state index is -0.950. The highest BCUT2D eigenvalue weighted by molar-refractivity contribution is 6.41. The molecular formula is C30H35Cl2N7O5. The molecule has 1 aliphatic heterocycles. The Morgan fingerprint density at radius 1 is 1.11 bits per heavy atom. The summed E-state index contributed by atoms with van der Waals surface area (Å²) < 4.78 is 12.9. The topological polar surface area (TPSA) is 138 Å². The molecule has 44 heavy (non-hydrogen) atoms. The van der Waals surface area contributed by atoms with E-state index in [9.17, 15) is 15.0 Å². The van der Waals surface area contributed by atoms with E-state index in [1.807, 2.05) is 21.6 Å². The van der Waals surface area contributed by atoms with Gasteiger partial charge in [0.05, 0.1) is 42.7 Å². The van der Waals surface area contributed by atoms with Crippen molar-refractivity contribution in [3.8, 4) is 22.6 Å². The normalized spacial score (nSPS) is 14.6. The lowest BCUT2D eigenvalue weighted by Gasteiger charge is -2.34. The van der Waals surface area contributed by atoms with Gasteiger partial charge in [0, 0.05) is 67.7 Å². The van der Waals surface area contributed by atoms with Gasteiger partial charge in [-0.15, -0.1) is 0 Å². The summed E-state index contributed by atoms with van der Waals surface area (Å²) in [5.74, 6) is 1.07. The molecule has 0 aliphatic carbocycles. The highest BCUT2D eigenvalue weighted by Crippen LogP contribution is 2.47. The molecule has 1 saturated heterocycles. The molecule has 1 aliphatic rings. The van der Waals surface area contributed by atoms with Crippen LogP contribution in [0, 0.1) is 0 Å². The first-order chi connectivity index (χ1) is 21.3. The van der Waals surface area contributed by atoms with Gasteiger partial charge >= 0.3 is 0 Å². The number of piperazine rings is 1. The number of aliphatic hydroxyl groups excluding tert-OH is 2. The van der Waals surface area contributed by atoms with Gasteiger partial charge in [0.2, 0.25) is 11.9 Å². The number of methoxy groups -OCH3 is 2. The molecule has 0 saturated carbocycles. The minimum Gasteiger partial charge on any atom is -0.495 e. The molecule has 0 radical (unpaired) electrons. The fourth-order valence-corrected chi connectivity index (χ4v) is 5.97. The van der Waals surface area contributed by atoms with Crippen molar-refractivity contribution < 1.29 is 24.5 Å². The van der Waals surface area contributed by atoms with Crippen molar-refractivity contribution in [2.24, 2.45) is 0 Å². The Balaban J connectivity index is 1.51. The van der Waals surface area contributed by atoms with E-state index in [0.29, 0.717) is 74.8 Å². The average molecular weight is 645 g/mol. The lowest BCUT2D eigenvalue weighted by Crippen LogP contribution is -2.48. The van der Waals surface area contributed by atoms with Crippen molar-refractivity contribution >= 4 is 51.7 Å². The molecule has 1 aromatic carbocycles. The lowest BCUT2D eigenvalue weighted by molar-refractivity contribution is -0.127. The third-order valence-corrected chi connectivity index (χ3v) is 8.39. The maximum atomic E-state index is 11.9. The number of halogens is 2. The molecule has 1 unspecified atom stereocenters. The minimum absolute atomic E-state index is 0.0296. The number of amides is 1. The number of fused-ring (bicyclic) bond motifs is 3. The summed E-state index contributed by atoms with van der Waals surface area (Å²) in [6.07, 6.45) is 5.59. The standard InChI is InChI=1S/C30H35Cl2N7O5/c1-4-24(42)38-10-8-37(9-11-38)7-5-6-19-16-39-28-18(14-33-30(36-28)34-15-20(41)17-40)12-21(29(39)35-19)25-26(31)22(43-2)13-23(44-3)27(25)32/h4,12-14,16,20,40-41H,1,5-11,15,17H2,2-3H3,(H,33,34,36). The summed E-state index contributed by atoms with van der Waals surface area (Å²) in [4.78, 5) is 30.2. The van der Waals surface area contributed by atoms with Crippen molar-refractivity contribution in [1.82, 2.24) is 29.2 Å². The summed E-state index contributed by atoms with van der Waals surface area (Å²) in [5, 5.41) is 23.3. The number of aryl methyl sites for hydroxylation is 1. The van der Waals surface area contributed by atoms with Crippen molar-refractivity contribution in [3.05, 3.63) is 52.9 Å². The molecule has 1 fully saturated rings. The Hall–Kier alpha value is -3.68. The van der Waals surface area contributed by atoms with Crippen molar-refractivity contribution in [2.45, 2.75) is 18.9 Å². The summed E-state index contributed by atoms with van der Waals surface area (Å²) in [7, 11) is 3.05. The number of anilines is 1. The Bertz CT molecular complexity index is 1650. The zero-order valence-corrected chi connectivity index (χ0v) is 26.1. The maximum Gasteiger partial charge on any atom is 0.246 e. The molecule has 3 N–H and O–H groups in total. The van der Waals surface area contributed by atoms with E-state index in [1.165, 1.54) is 20.3 Å². The van der Waals surface area contributed by atoms with E-state index >= 15 is 0 Å². The van der Waals surface area contributed by atoms with Crippen LogP contribution in [0.4, 0.5) is 5.95 Å². The number of carbonyl (C=O) groups is 1. The quantitative estimate of drug-likeness (QED) is 0.197. The van der Waals surface area contributed by atoms with Crippen LogP contribution in [0.1, 0.15) is 12.1 Å². The zero-order chi connectivity index (χ0) is 31.4. The van der Waals surface area contributed by atoms with Crippen molar-refractivity contribution in [3.63, 3.8) is 0 Å². The predicted octanol–water partition coefficient (Wildman–Crippen LogP) is 3.30. The molecule has 0 spiro atoms. The van der Waals surface area contributed by atoms with Crippen LogP contribution in [-0.2, 0) is 11.2 Å². The Labute approximate surface area is 264 Å². The Morgan fingerprint density at radius 3 is 2.45 bits per heavy atom. The largest absolute Gasteiger partial charge is 0.495 e. The zero-order valence-electron chi connectivity index (χ0n) is 24.6. The van der Waals surface area contributed by atoms with Crippen LogP contribution < -0.4 is 14.8 Å². The number of nitrogens with zero attached hydrogens (tertiary/aromatic N) is 6. The van der Waals surface area contributed by atoms with Crippen molar-refractivity contribution in [1.29, 1.82) is 0 Å². The second-order valence-corrected chi connectivity index (χ2v) is 11.2. The molecule has 234 valence electrons. The molecule has 4 aromatic rings. The fraction of sp³-hybridized carbons (Fsp3) is 0.400. The monoisotopic (exact) mass is 643 g/mol. The molecule has 12 nitrogen and oxygen atoms in total. The Morgan fingerprint density at radius 2 is 1.82 bits per heavy atom. The first-order valence-corrected chi connectivity index (χ1v) is 15.0. The van der Waals surface area contributed by atoms with E-state index in [4.69, 9.17) is 42.6 Å². The molecule has 1 amide bonds. The number of carbonyl (C=O) groups excluding carboxylic acids is 1. The van der Waals surface area contributed by atoms with Crippen molar-refractivity contribution in [2.75, 3.05) is 65.4 Å². The number of benzene rings is 1. The van der Waals surface area contributed by atoms with Gasteiger partial charge in [0.1, 0.15) is 17.1 Å². The highest BCUT2D eigenvalue weighted by Gasteiger charge is 2.24. The van der Waals surface area contributed by atoms with Gasteiger partial charge in [-0.1, -0.05) is 29.8 Å². The van der Waals surface area contributed by atoms with Crippen LogP contribution in [0.5, 0.6) is 11.5 Å². The number of aliphatic hydroxyl groups is 2. The number of ether oxygens (including phenoxy) is 2. The van der Waals surface area contributed by atoms with E-state index in [2.05, 4.69) is 21.8 Å². The van der Waals surface area contributed by atoms with Gasteiger partial charge in [-0.05, 0) is 31.5 Å². The maximum absolute atomic E-state index is 11.9. The fourth-order valence-electron chi connectivity index (χ4n) is 5.27. The molecule has 5 rings (SSSR count). The number of hydrogen-bond acceptors (Lipinski definition) is 10. The molecule has 0 bridgehead atoms. The van der Waals surface area contributed by atoms with Gasteiger partial charge in [-0.3, -0.25) is 14.1 Å². The third-order valence-electron chi connectivity index (χ3n) is 7.64. The van der Waals surface area contributed by atoms with Crippen LogP contribution in [0.25, 0.3) is 27.8 Å². The average Bonchev–Trinajstić information content (AvgIpc) is 3.48. The summed E-state index contributed by atoms with van der Waals surface area (Å²) in [5.41, 5.74) is 3.18. The van der Waals surface area contributed by atoms with Crippen LogP contribution in [0.2, 0.25) is 10.0 Å². The van der Waals surface area contributed by atoms with E-state index < -0.39 is 6.10 Å². The van der Waals surface area contributed by atoms with E-state index in [-0.39, 0.29) is 19.1 Å². The van der Waals surface area contributed by atoms with Crippen LogP contribution in [0.3, 0.4) is 0 Å².